The second kappa shape index (κ2) is 8.68. The highest BCUT2D eigenvalue weighted by Gasteiger charge is 2.10. The lowest BCUT2D eigenvalue weighted by molar-refractivity contribution is 0.535. The predicted molar refractivity (Wildman–Crippen MR) is 93.2 cm³/mol. The molecule has 20 heavy (non-hydrogen) atoms. The van der Waals surface area contributed by atoms with Crippen molar-refractivity contribution < 1.29 is 0 Å². The third-order valence-electron chi connectivity index (χ3n) is 3.50. The molecule has 0 bridgehead atoms. The number of nitrogens with zero attached hydrogens (tertiary/aromatic N) is 1. The van der Waals surface area contributed by atoms with Crippen molar-refractivity contribution in [3.05, 3.63) is 28.2 Å². The molecular formula is C17H29BrN2. The summed E-state index contributed by atoms with van der Waals surface area (Å²) in [6.45, 7) is 12.0. The van der Waals surface area contributed by atoms with Gasteiger partial charge in [0.05, 0.1) is 0 Å². The van der Waals surface area contributed by atoms with E-state index in [9.17, 15) is 0 Å². The summed E-state index contributed by atoms with van der Waals surface area (Å²) in [5, 5.41) is 0. The molecule has 0 amide bonds. The standard InChI is InChI=1S/C17H29BrN2/c1-13(2)5-7-20(8-6-14(3)4)17-10-15(12-19)9-16(18)11-17/h9-11,13-14H,5-8,12,19H2,1-4H3. The summed E-state index contributed by atoms with van der Waals surface area (Å²) in [6.07, 6.45) is 2.45. The summed E-state index contributed by atoms with van der Waals surface area (Å²) in [4.78, 5) is 2.50. The molecule has 3 heteroatoms. The first-order valence-electron chi connectivity index (χ1n) is 7.66. The molecule has 0 atom stereocenters. The van der Waals surface area contributed by atoms with Crippen LogP contribution in [0.4, 0.5) is 5.69 Å². The summed E-state index contributed by atoms with van der Waals surface area (Å²) in [7, 11) is 0. The Kier molecular flexibility index (Phi) is 7.60. The first-order valence-corrected chi connectivity index (χ1v) is 8.46. The number of nitrogens with two attached hydrogens (primary N) is 1. The van der Waals surface area contributed by atoms with Crippen molar-refractivity contribution in [1.82, 2.24) is 0 Å². The molecule has 0 saturated heterocycles. The van der Waals surface area contributed by atoms with Crippen molar-refractivity contribution in [3.63, 3.8) is 0 Å². The molecule has 2 N–H and O–H groups in total. The average molecular weight is 341 g/mol. The van der Waals surface area contributed by atoms with Crippen molar-refractivity contribution in [3.8, 4) is 0 Å². The van der Waals surface area contributed by atoms with Gasteiger partial charge >= 0.3 is 0 Å². The van der Waals surface area contributed by atoms with Gasteiger partial charge in [-0.25, -0.2) is 0 Å². The van der Waals surface area contributed by atoms with Crippen LogP contribution in [-0.4, -0.2) is 13.1 Å². The second-order valence-corrected chi connectivity index (χ2v) is 7.29. The Hall–Kier alpha value is -0.540. The molecule has 0 heterocycles. The molecule has 0 aliphatic rings. The number of hydrogen-bond donors (Lipinski definition) is 1. The zero-order chi connectivity index (χ0) is 15.1. The molecule has 0 aromatic heterocycles. The Morgan fingerprint density at radius 3 is 2.00 bits per heavy atom. The van der Waals surface area contributed by atoms with E-state index in [-0.39, 0.29) is 0 Å². The van der Waals surface area contributed by atoms with E-state index in [0.717, 1.165) is 29.4 Å². The van der Waals surface area contributed by atoms with Gasteiger partial charge in [0.25, 0.3) is 0 Å². The molecule has 0 saturated carbocycles. The smallest absolute Gasteiger partial charge is 0.0380 e. The normalized spacial score (nSPS) is 11.4. The van der Waals surface area contributed by atoms with E-state index in [4.69, 9.17) is 5.73 Å². The highest BCUT2D eigenvalue weighted by atomic mass is 79.9. The molecule has 0 spiro atoms. The van der Waals surface area contributed by atoms with Gasteiger partial charge in [-0.3, -0.25) is 0 Å². The van der Waals surface area contributed by atoms with Crippen LogP contribution < -0.4 is 10.6 Å². The van der Waals surface area contributed by atoms with E-state index in [1.54, 1.807) is 0 Å². The molecule has 0 radical (unpaired) electrons. The molecule has 1 aromatic carbocycles. The Labute approximate surface area is 132 Å². The molecule has 114 valence electrons. The lowest BCUT2D eigenvalue weighted by Gasteiger charge is -2.27. The Morgan fingerprint density at radius 1 is 1.00 bits per heavy atom. The second-order valence-electron chi connectivity index (χ2n) is 6.37. The molecule has 0 aliphatic heterocycles. The van der Waals surface area contributed by atoms with E-state index in [1.807, 2.05) is 0 Å². The van der Waals surface area contributed by atoms with Gasteiger partial charge in [-0.1, -0.05) is 43.6 Å². The van der Waals surface area contributed by atoms with Crippen LogP contribution in [0, 0.1) is 11.8 Å². The van der Waals surface area contributed by atoms with Crippen molar-refractivity contribution in [1.29, 1.82) is 0 Å². The summed E-state index contributed by atoms with van der Waals surface area (Å²) < 4.78 is 1.12. The quantitative estimate of drug-likeness (QED) is 0.735. The first-order chi connectivity index (χ1) is 9.42. The van der Waals surface area contributed by atoms with Crippen LogP contribution in [0.15, 0.2) is 22.7 Å². The maximum atomic E-state index is 5.79. The van der Waals surface area contributed by atoms with Crippen LogP contribution in [0.25, 0.3) is 0 Å². The van der Waals surface area contributed by atoms with Crippen LogP contribution in [0.3, 0.4) is 0 Å². The third-order valence-corrected chi connectivity index (χ3v) is 3.95. The maximum absolute atomic E-state index is 5.79. The van der Waals surface area contributed by atoms with Crippen molar-refractivity contribution in [2.75, 3.05) is 18.0 Å². The van der Waals surface area contributed by atoms with Gasteiger partial charge in [-0.2, -0.15) is 0 Å². The van der Waals surface area contributed by atoms with Crippen LogP contribution in [0.1, 0.15) is 46.1 Å². The molecular weight excluding hydrogens is 312 g/mol. The monoisotopic (exact) mass is 340 g/mol. The summed E-state index contributed by atoms with van der Waals surface area (Å²) >= 11 is 3.60. The predicted octanol–water partition coefficient (Wildman–Crippen LogP) is 4.81. The zero-order valence-corrected chi connectivity index (χ0v) is 14.9. The minimum Gasteiger partial charge on any atom is -0.371 e. The number of halogens is 1. The number of anilines is 1. The molecule has 1 rings (SSSR count). The van der Waals surface area contributed by atoms with Gasteiger partial charge in [0.2, 0.25) is 0 Å². The summed E-state index contributed by atoms with van der Waals surface area (Å²) in [5.41, 5.74) is 8.27. The molecule has 0 aliphatic carbocycles. The average Bonchev–Trinajstić information content (AvgIpc) is 2.37. The Bertz CT molecular complexity index is 390. The molecule has 0 fully saturated rings. The third kappa shape index (κ3) is 6.27. The number of hydrogen-bond acceptors (Lipinski definition) is 2. The van der Waals surface area contributed by atoms with Crippen LogP contribution >= 0.6 is 15.9 Å². The fraction of sp³-hybridized carbons (Fsp3) is 0.647. The minimum atomic E-state index is 0.592. The largest absolute Gasteiger partial charge is 0.371 e. The fourth-order valence-electron chi connectivity index (χ4n) is 2.13. The van der Waals surface area contributed by atoms with E-state index in [2.05, 4.69) is 66.7 Å². The SMILES string of the molecule is CC(C)CCN(CCC(C)C)c1cc(Br)cc(CN)c1. The molecule has 1 aromatic rings. The summed E-state index contributed by atoms with van der Waals surface area (Å²) in [5.74, 6) is 1.47. The maximum Gasteiger partial charge on any atom is 0.0380 e. The van der Waals surface area contributed by atoms with Crippen LogP contribution in [0.2, 0.25) is 0 Å². The fourth-order valence-corrected chi connectivity index (χ4v) is 2.66. The molecule has 0 unspecified atom stereocenters. The van der Waals surface area contributed by atoms with Gasteiger partial charge in [-0.05, 0) is 48.4 Å². The highest BCUT2D eigenvalue weighted by molar-refractivity contribution is 9.10. The van der Waals surface area contributed by atoms with E-state index < -0.39 is 0 Å². The van der Waals surface area contributed by atoms with Crippen molar-refractivity contribution >= 4 is 21.6 Å². The lowest BCUT2D eigenvalue weighted by atomic mass is 10.1. The van der Waals surface area contributed by atoms with E-state index in [1.165, 1.54) is 24.1 Å². The Balaban J connectivity index is 2.86. The number of benzene rings is 1. The summed E-state index contributed by atoms with van der Waals surface area (Å²) in [6, 6.07) is 6.54. The van der Waals surface area contributed by atoms with Crippen LogP contribution in [-0.2, 0) is 6.54 Å². The van der Waals surface area contributed by atoms with Gasteiger partial charge in [0, 0.05) is 29.8 Å². The lowest BCUT2D eigenvalue weighted by Crippen LogP contribution is -2.27. The molecule has 2 nitrogen and oxygen atoms in total. The zero-order valence-electron chi connectivity index (χ0n) is 13.3. The Morgan fingerprint density at radius 2 is 1.55 bits per heavy atom. The van der Waals surface area contributed by atoms with Crippen molar-refractivity contribution in [2.45, 2.75) is 47.1 Å². The first kappa shape index (κ1) is 17.5. The van der Waals surface area contributed by atoms with Crippen LogP contribution in [0.5, 0.6) is 0 Å². The van der Waals surface area contributed by atoms with Gasteiger partial charge < -0.3 is 10.6 Å². The van der Waals surface area contributed by atoms with E-state index in [0.29, 0.717) is 6.54 Å². The topological polar surface area (TPSA) is 29.3 Å². The van der Waals surface area contributed by atoms with Crippen molar-refractivity contribution in [2.24, 2.45) is 17.6 Å². The highest BCUT2D eigenvalue weighted by Crippen LogP contribution is 2.24. The van der Waals surface area contributed by atoms with Gasteiger partial charge in [0.1, 0.15) is 0 Å². The van der Waals surface area contributed by atoms with E-state index >= 15 is 0 Å². The number of rotatable bonds is 8. The van der Waals surface area contributed by atoms with Gasteiger partial charge in [0.15, 0.2) is 0 Å². The minimum absolute atomic E-state index is 0.592. The van der Waals surface area contributed by atoms with Gasteiger partial charge in [-0.15, -0.1) is 0 Å².